The van der Waals surface area contributed by atoms with Crippen molar-refractivity contribution in [3.63, 3.8) is 0 Å². The Bertz CT molecular complexity index is 416. The summed E-state index contributed by atoms with van der Waals surface area (Å²) in [5, 5.41) is 4.03. The van der Waals surface area contributed by atoms with Gasteiger partial charge < -0.3 is 10.1 Å². The SMILES string of the molecule is Clc1ccc(CC2=NC3CNCC3O2)cc1. The van der Waals surface area contributed by atoms with Crippen molar-refractivity contribution in [1.29, 1.82) is 0 Å². The van der Waals surface area contributed by atoms with Crippen LogP contribution in [0.15, 0.2) is 29.3 Å². The lowest BCUT2D eigenvalue weighted by Gasteiger charge is -2.07. The fourth-order valence-corrected chi connectivity index (χ4v) is 2.27. The van der Waals surface area contributed by atoms with E-state index < -0.39 is 0 Å². The quantitative estimate of drug-likeness (QED) is 0.847. The molecule has 2 aliphatic heterocycles. The maximum atomic E-state index is 5.84. The fourth-order valence-electron chi connectivity index (χ4n) is 2.14. The van der Waals surface area contributed by atoms with Crippen molar-refractivity contribution in [1.82, 2.24) is 5.32 Å². The third-order valence-electron chi connectivity index (χ3n) is 2.99. The summed E-state index contributed by atoms with van der Waals surface area (Å²) < 4.78 is 5.77. The molecule has 2 aliphatic rings. The van der Waals surface area contributed by atoms with Gasteiger partial charge in [-0.2, -0.15) is 0 Å². The van der Waals surface area contributed by atoms with Crippen LogP contribution in [0.4, 0.5) is 0 Å². The van der Waals surface area contributed by atoms with E-state index in [1.54, 1.807) is 0 Å². The maximum Gasteiger partial charge on any atom is 0.188 e. The van der Waals surface area contributed by atoms with Crippen molar-refractivity contribution < 1.29 is 4.74 Å². The molecule has 0 aliphatic carbocycles. The third-order valence-corrected chi connectivity index (χ3v) is 3.25. The monoisotopic (exact) mass is 236 g/mol. The van der Waals surface area contributed by atoms with Gasteiger partial charge in [0, 0.05) is 24.5 Å². The van der Waals surface area contributed by atoms with Gasteiger partial charge in [0.05, 0.1) is 0 Å². The molecule has 2 heterocycles. The number of rotatable bonds is 2. The highest BCUT2D eigenvalue weighted by atomic mass is 35.5. The Morgan fingerprint density at radius 2 is 2.12 bits per heavy atom. The van der Waals surface area contributed by atoms with Crippen LogP contribution in [-0.2, 0) is 11.2 Å². The molecular formula is C12H13ClN2O. The van der Waals surface area contributed by atoms with E-state index in [1.807, 2.05) is 24.3 Å². The zero-order valence-corrected chi connectivity index (χ0v) is 9.57. The van der Waals surface area contributed by atoms with E-state index in [1.165, 1.54) is 5.56 Å². The second-order valence-corrected chi connectivity index (χ2v) is 4.64. The van der Waals surface area contributed by atoms with Crippen LogP contribution >= 0.6 is 11.6 Å². The molecule has 1 fully saturated rings. The van der Waals surface area contributed by atoms with E-state index >= 15 is 0 Å². The summed E-state index contributed by atoms with van der Waals surface area (Å²) >= 11 is 5.84. The molecule has 1 saturated heterocycles. The van der Waals surface area contributed by atoms with Crippen molar-refractivity contribution >= 4 is 17.5 Å². The maximum absolute atomic E-state index is 5.84. The van der Waals surface area contributed by atoms with E-state index in [0.29, 0.717) is 6.04 Å². The summed E-state index contributed by atoms with van der Waals surface area (Å²) in [5.74, 6) is 0.860. The van der Waals surface area contributed by atoms with Crippen molar-refractivity contribution in [2.24, 2.45) is 4.99 Å². The molecule has 2 atom stereocenters. The first-order valence-electron chi connectivity index (χ1n) is 5.50. The van der Waals surface area contributed by atoms with Gasteiger partial charge in [0.25, 0.3) is 0 Å². The Morgan fingerprint density at radius 3 is 2.88 bits per heavy atom. The van der Waals surface area contributed by atoms with E-state index in [-0.39, 0.29) is 6.10 Å². The minimum atomic E-state index is 0.252. The van der Waals surface area contributed by atoms with E-state index in [4.69, 9.17) is 16.3 Å². The number of fused-ring (bicyclic) bond motifs is 1. The van der Waals surface area contributed by atoms with Crippen LogP contribution in [0.3, 0.4) is 0 Å². The number of nitrogens with one attached hydrogen (secondary N) is 1. The van der Waals surface area contributed by atoms with E-state index in [0.717, 1.165) is 30.4 Å². The van der Waals surface area contributed by atoms with Gasteiger partial charge >= 0.3 is 0 Å². The molecule has 1 aromatic rings. The van der Waals surface area contributed by atoms with Crippen molar-refractivity contribution in [2.75, 3.05) is 13.1 Å². The van der Waals surface area contributed by atoms with Crippen LogP contribution in [0.25, 0.3) is 0 Å². The Labute approximate surface area is 99.5 Å². The summed E-state index contributed by atoms with van der Waals surface area (Å²) in [4.78, 5) is 4.57. The first kappa shape index (κ1) is 10.1. The van der Waals surface area contributed by atoms with Crippen LogP contribution in [-0.4, -0.2) is 31.1 Å². The topological polar surface area (TPSA) is 33.6 Å². The van der Waals surface area contributed by atoms with Crippen molar-refractivity contribution in [3.8, 4) is 0 Å². The molecule has 4 heteroatoms. The second kappa shape index (κ2) is 4.07. The molecule has 0 bridgehead atoms. The average molecular weight is 237 g/mol. The number of aliphatic imine (C=N–C) groups is 1. The van der Waals surface area contributed by atoms with Crippen LogP contribution in [0.1, 0.15) is 5.56 Å². The lowest BCUT2D eigenvalue weighted by atomic mass is 10.1. The lowest BCUT2D eigenvalue weighted by Crippen LogP contribution is -2.20. The summed E-state index contributed by atoms with van der Waals surface area (Å²) in [7, 11) is 0. The molecule has 1 aromatic carbocycles. The van der Waals surface area contributed by atoms with Crippen LogP contribution < -0.4 is 5.32 Å². The molecule has 0 saturated carbocycles. The lowest BCUT2D eigenvalue weighted by molar-refractivity contribution is 0.220. The smallest absolute Gasteiger partial charge is 0.188 e. The molecular weight excluding hydrogens is 224 g/mol. The molecule has 0 spiro atoms. The average Bonchev–Trinajstić information content (AvgIpc) is 2.81. The molecule has 1 N–H and O–H groups in total. The minimum absolute atomic E-state index is 0.252. The largest absolute Gasteiger partial charge is 0.474 e. The van der Waals surface area contributed by atoms with E-state index in [9.17, 15) is 0 Å². The number of ether oxygens (including phenoxy) is 1. The van der Waals surface area contributed by atoms with Crippen LogP contribution in [0.2, 0.25) is 5.02 Å². The summed E-state index contributed by atoms with van der Waals surface area (Å²) in [6, 6.07) is 8.15. The number of halogens is 1. The third kappa shape index (κ3) is 1.93. The first-order valence-corrected chi connectivity index (χ1v) is 5.87. The van der Waals surface area contributed by atoms with Crippen LogP contribution in [0, 0.1) is 0 Å². The van der Waals surface area contributed by atoms with Crippen molar-refractivity contribution in [3.05, 3.63) is 34.9 Å². The first-order chi connectivity index (χ1) is 7.81. The van der Waals surface area contributed by atoms with Gasteiger partial charge in [-0.25, -0.2) is 4.99 Å². The summed E-state index contributed by atoms with van der Waals surface area (Å²) in [6.07, 6.45) is 1.02. The summed E-state index contributed by atoms with van der Waals surface area (Å²) in [6.45, 7) is 1.85. The van der Waals surface area contributed by atoms with Crippen molar-refractivity contribution in [2.45, 2.75) is 18.6 Å². The normalized spacial score (nSPS) is 27.4. The predicted molar refractivity (Wildman–Crippen MR) is 64.1 cm³/mol. The Hall–Kier alpha value is -1.06. The Kier molecular flexibility index (Phi) is 2.58. The van der Waals surface area contributed by atoms with Gasteiger partial charge in [-0.3, -0.25) is 0 Å². The number of benzene rings is 1. The van der Waals surface area contributed by atoms with Gasteiger partial charge in [0.15, 0.2) is 5.90 Å². The van der Waals surface area contributed by atoms with Gasteiger partial charge in [0.1, 0.15) is 12.1 Å². The highest BCUT2D eigenvalue weighted by molar-refractivity contribution is 6.30. The fraction of sp³-hybridized carbons (Fsp3) is 0.417. The minimum Gasteiger partial charge on any atom is -0.474 e. The molecule has 0 amide bonds. The number of hydrogen-bond donors (Lipinski definition) is 1. The molecule has 2 unspecified atom stereocenters. The van der Waals surface area contributed by atoms with Gasteiger partial charge in [0.2, 0.25) is 0 Å². The predicted octanol–water partition coefficient (Wildman–Crippen LogP) is 1.65. The molecule has 0 aromatic heterocycles. The van der Waals surface area contributed by atoms with Gasteiger partial charge in [-0.15, -0.1) is 0 Å². The highest BCUT2D eigenvalue weighted by Crippen LogP contribution is 2.19. The zero-order chi connectivity index (χ0) is 11.0. The Morgan fingerprint density at radius 1 is 1.31 bits per heavy atom. The van der Waals surface area contributed by atoms with Gasteiger partial charge in [-0.05, 0) is 17.7 Å². The molecule has 84 valence electrons. The van der Waals surface area contributed by atoms with E-state index in [2.05, 4.69) is 10.3 Å². The Balaban J connectivity index is 1.69. The zero-order valence-electron chi connectivity index (χ0n) is 8.82. The van der Waals surface area contributed by atoms with Crippen LogP contribution in [0.5, 0.6) is 0 Å². The molecule has 0 radical (unpaired) electrons. The standard InChI is InChI=1S/C12H13ClN2O/c13-9-3-1-8(2-4-9)5-12-15-10-6-14-7-11(10)16-12/h1-4,10-11,14H,5-7H2. The molecule has 3 nitrogen and oxygen atoms in total. The number of hydrogen-bond acceptors (Lipinski definition) is 3. The highest BCUT2D eigenvalue weighted by Gasteiger charge is 2.34. The van der Waals surface area contributed by atoms with Gasteiger partial charge in [-0.1, -0.05) is 23.7 Å². The molecule has 16 heavy (non-hydrogen) atoms. The second-order valence-electron chi connectivity index (χ2n) is 4.21. The summed E-state index contributed by atoms with van der Waals surface area (Å²) in [5.41, 5.74) is 1.19. The molecule has 3 rings (SSSR count). The number of nitrogens with zero attached hydrogens (tertiary/aromatic N) is 1.